The first-order chi connectivity index (χ1) is 10.2. The highest BCUT2D eigenvalue weighted by Gasteiger charge is 2.42. The molecule has 0 aliphatic rings. The molecule has 0 aliphatic heterocycles. The zero-order chi connectivity index (χ0) is 16.4. The topological polar surface area (TPSA) is 71.0 Å². The average molecular weight is 303 g/mol. The van der Waals surface area contributed by atoms with E-state index in [1.54, 1.807) is 6.92 Å². The first kappa shape index (κ1) is 16.5. The standard InChI is InChI=1S/C17H25N3O2/c1-12(2)13-6-8-14(9-7-13)22-16(3,4)17(5,21)10-15-18-11-19-20-15/h6-9,11-12,21H,10H2,1-5H3,(H,18,19,20). The van der Waals surface area contributed by atoms with E-state index in [4.69, 9.17) is 4.74 Å². The molecule has 1 heterocycles. The van der Waals surface area contributed by atoms with Crippen LogP contribution in [0.2, 0.25) is 0 Å². The maximum atomic E-state index is 10.8. The van der Waals surface area contributed by atoms with Crippen molar-refractivity contribution in [1.29, 1.82) is 0 Å². The fourth-order valence-corrected chi connectivity index (χ4v) is 2.17. The number of ether oxygens (including phenoxy) is 1. The number of benzene rings is 1. The molecule has 0 saturated carbocycles. The number of nitrogens with one attached hydrogen (secondary N) is 1. The van der Waals surface area contributed by atoms with E-state index in [0.29, 0.717) is 18.2 Å². The zero-order valence-electron chi connectivity index (χ0n) is 13.9. The van der Waals surface area contributed by atoms with Crippen molar-refractivity contribution in [3.63, 3.8) is 0 Å². The summed E-state index contributed by atoms with van der Waals surface area (Å²) < 4.78 is 6.03. The van der Waals surface area contributed by atoms with Gasteiger partial charge in [0.2, 0.25) is 0 Å². The number of aliphatic hydroxyl groups is 1. The Morgan fingerprint density at radius 3 is 2.32 bits per heavy atom. The number of aromatic amines is 1. The fraction of sp³-hybridized carbons (Fsp3) is 0.529. The molecule has 0 spiro atoms. The van der Waals surface area contributed by atoms with E-state index in [9.17, 15) is 5.11 Å². The molecule has 0 radical (unpaired) electrons. The van der Waals surface area contributed by atoms with Gasteiger partial charge in [0, 0.05) is 6.42 Å². The second-order valence-corrected chi connectivity index (χ2v) is 6.70. The van der Waals surface area contributed by atoms with Crippen molar-refractivity contribution >= 4 is 0 Å². The molecule has 0 fully saturated rings. The highest BCUT2D eigenvalue weighted by molar-refractivity contribution is 5.29. The van der Waals surface area contributed by atoms with Crippen molar-refractivity contribution in [2.75, 3.05) is 0 Å². The molecular weight excluding hydrogens is 278 g/mol. The van der Waals surface area contributed by atoms with Crippen LogP contribution in [0.15, 0.2) is 30.6 Å². The van der Waals surface area contributed by atoms with E-state index in [1.807, 2.05) is 26.0 Å². The van der Waals surface area contributed by atoms with Gasteiger partial charge in [0.15, 0.2) is 5.82 Å². The summed E-state index contributed by atoms with van der Waals surface area (Å²) in [5.41, 5.74) is -0.628. The summed E-state index contributed by atoms with van der Waals surface area (Å²) in [4.78, 5) is 4.07. The Morgan fingerprint density at radius 1 is 1.18 bits per heavy atom. The Labute approximate surface area is 131 Å². The predicted octanol–water partition coefficient (Wildman–Crippen LogP) is 3.08. The van der Waals surface area contributed by atoms with E-state index in [2.05, 4.69) is 41.2 Å². The van der Waals surface area contributed by atoms with Crippen LogP contribution in [0.4, 0.5) is 0 Å². The molecule has 0 aliphatic carbocycles. The van der Waals surface area contributed by atoms with Gasteiger partial charge in [-0.2, -0.15) is 5.10 Å². The van der Waals surface area contributed by atoms with Crippen molar-refractivity contribution in [3.05, 3.63) is 42.0 Å². The largest absolute Gasteiger partial charge is 0.485 e. The normalized spacial score (nSPS) is 14.9. The summed E-state index contributed by atoms with van der Waals surface area (Å²) in [5, 5.41) is 17.5. The molecule has 0 amide bonds. The number of H-pyrrole nitrogens is 1. The van der Waals surface area contributed by atoms with Crippen LogP contribution in [0.3, 0.4) is 0 Å². The second kappa shape index (κ2) is 6.08. The minimum absolute atomic E-state index is 0.313. The van der Waals surface area contributed by atoms with Crippen LogP contribution in [0, 0.1) is 0 Å². The Balaban J connectivity index is 2.11. The Morgan fingerprint density at radius 2 is 1.82 bits per heavy atom. The molecule has 2 rings (SSSR count). The average Bonchev–Trinajstić information content (AvgIpc) is 2.90. The van der Waals surface area contributed by atoms with Crippen molar-refractivity contribution in [3.8, 4) is 5.75 Å². The Hall–Kier alpha value is -1.88. The molecule has 22 heavy (non-hydrogen) atoms. The molecule has 0 saturated heterocycles. The van der Waals surface area contributed by atoms with Gasteiger partial charge in [-0.3, -0.25) is 5.10 Å². The van der Waals surface area contributed by atoms with Crippen LogP contribution < -0.4 is 4.74 Å². The lowest BCUT2D eigenvalue weighted by atomic mass is 9.84. The van der Waals surface area contributed by atoms with Crippen LogP contribution in [0.1, 0.15) is 51.9 Å². The van der Waals surface area contributed by atoms with Crippen LogP contribution in [-0.2, 0) is 6.42 Å². The third kappa shape index (κ3) is 3.65. The summed E-state index contributed by atoms with van der Waals surface area (Å²) in [6, 6.07) is 8.00. The maximum absolute atomic E-state index is 10.8. The third-order valence-corrected chi connectivity index (χ3v) is 4.18. The molecule has 1 aromatic heterocycles. The van der Waals surface area contributed by atoms with Gasteiger partial charge in [-0.1, -0.05) is 26.0 Å². The van der Waals surface area contributed by atoms with Crippen molar-refractivity contribution in [2.24, 2.45) is 0 Å². The van der Waals surface area contributed by atoms with Crippen molar-refractivity contribution in [2.45, 2.75) is 58.2 Å². The first-order valence-corrected chi connectivity index (χ1v) is 7.57. The zero-order valence-corrected chi connectivity index (χ0v) is 13.9. The van der Waals surface area contributed by atoms with Crippen molar-refractivity contribution in [1.82, 2.24) is 15.2 Å². The maximum Gasteiger partial charge on any atom is 0.153 e. The van der Waals surface area contributed by atoms with E-state index < -0.39 is 11.2 Å². The summed E-state index contributed by atoms with van der Waals surface area (Å²) in [6.45, 7) is 9.79. The quantitative estimate of drug-likeness (QED) is 0.860. The smallest absolute Gasteiger partial charge is 0.153 e. The Kier molecular flexibility index (Phi) is 4.56. The van der Waals surface area contributed by atoms with E-state index in [0.717, 1.165) is 5.75 Å². The number of rotatable bonds is 6. The summed E-state index contributed by atoms with van der Waals surface area (Å²) in [7, 11) is 0. The second-order valence-electron chi connectivity index (χ2n) is 6.70. The Bertz CT molecular complexity index is 587. The molecule has 1 unspecified atom stereocenters. The monoisotopic (exact) mass is 303 g/mol. The van der Waals surface area contributed by atoms with Gasteiger partial charge < -0.3 is 9.84 Å². The van der Waals surface area contributed by atoms with Crippen LogP contribution in [0.25, 0.3) is 0 Å². The number of aromatic nitrogens is 3. The highest BCUT2D eigenvalue weighted by atomic mass is 16.5. The van der Waals surface area contributed by atoms with Crippen molar-refractivity contribution < 1.29 is 9.84 Å². The molecule has 5 heteroatoms. The van der Waals surface area contributed by atoms with Gasteiger partial charge in [0.05, 0.1) is 0 Å². The van der Waals surface area contributed by atoms with Gasteiger partial charge in [-0.15, -0.1) is 0 Å². The third-order valence-electron chi connectivity index (χ3n) is 4.18. The minimum atomic E-state index is -1.11. The number of hydrogen-bond acceptors (Lipinski definition) is 4. The van der Waals surface area contributed by atoms with Gasteiger partial charge in [-0.05, 0) is 44.4 Å². The van der Waals surface area contributed by atoms with Gasteiger partial charge in [0.1, 0.15) is 23.3 Å². The molecule has 120 valence electrons. The van der Waals surface area contributed by atoms with Crippen LogP contribution in [-0.4, -0.2) is 31.5 Å². The van der Waals surface area contributed by atoms with Crippen LogP contribution >= 0.6 is 0 Å². The number of hydrogen-bond donors (Lipinski definition) is 2. The summed E-state index contributed by atoms with van der Waals surface area (Å²) in [5.74, 6) is 1.79. The van der Waals surface area contributed by atoms with Crippen LogP contribution in [0.5, 0.6) is 5.75 Å². The SMILES string of the molecule is CC(C)c1ccc(OC(C)(C)C(C)(O)Cc2nc[nH]n2)cc1. The molecule has 2 aromatic rings. The lowest BCUT2D eigenvalue weighted by Gasteiger charge is -2.39. The molecular formula is C17H25N3O2. The van der Waals surface area contributed by atoms with E-state index in [1.165, 1.54) is 11.9 Å². The lowest BCUT2D eigenvalue weighted by molar-refractivity contribution is -0.103. The number of nitrogens with zero attached hydrogens (tertiary/aromatic N) is 2. The fourth-order valence-electron chi connectivity index (χ4n) is 2.17. The van der Waals surface area contributed by atoms with Gasteiger partial charge >= 0.3 is 0 Å². The van der Waals surface area contributed by atoms with Gasteiger partial charge in [-0.25, -0.2) is 4.98 Å². The van der Waals surface area contributed by atoms with Gasteiger partial charge in [0.25, 0.3) is 0 Å². The lowest BCUT2D eigenvalue weighted by Crippen LogP contribution is -2.53. The van der Waals surface area contributed by atoms with E-state index in [-0.39, 0.29) is 0 Å². The molecule has 0 bridgehead atoms. The molecule has 1 atom stereocenters. The molecule has 2 N–H and O–H groups in total. The predicted molar refractivity (Wildman–Crippen MR) is 85.9 cm³/mol. The minimum Gasteiger partial charge on any atom is -0.485 e. The summed E-state index contributed by atoms with van der Waals surface area (Å²) in [6.07, 6.45) is 1.82. The first-order valence-electron chi connectivity index (χ1n) is 7.57. The summed E-state index contributed by atoms with van der Waals surface area (Å²) >= 11 is 0. The van der Waals surface area contributed by atoms with E-state index >= 15 is 0 Å². The molecule has 5 nitrogen and oxygen atoms in total. The highest BCUT2D eigenvalue weighted by Crippen LogP contribution is 2.31. The molecule has 1 aromatic carbocycles.